The Morgan fingerprint density at radius 2 is 2.17 bits per heavy atom. The molecule has 0 aromatic carbocycles. The largest absolute Gasteiger partial charge is 0.466 e. The van der Waals surface area contributed by atoms with E-state index in [-0.39, 0.29) is 5.97 Å². The molecule has 0 atom stereocenters. The SMILES string of the molecule is CC(C)CCOC(=O)CCCCl. The summed E-state index contributed by atoms with van der Waals surface area (Å²) in [4.78, 5) is 10.9. The van der Waals surface area contributed by atoms with E-state index in [1.165, 1.54) is 0 Å². The van der Waals surface area contributed by atoms with E-state index >= 15 is 0 Å². The van der Waals surface area contributed by atoms with Crippen LogP contribution in [0, 0.1) is 5.92 Å². The molecule has 0 aromatic rings. The van der Waals surface area contributed by atoms with Crippen LogP contribution >= 0.6 is 11.6 Å². The smallest absolute Gasteiger partial charge is 0.305 e. The van der Waals surface area contributed by atoms with Crippen LogP contribution < -0.4 is 0 Å². The van der Waals surface area contributed by atoms with Crippen molar-refractivity contribution in [2.24, 2.45) is 5.92 Å². The van der Waals surface area contributed by atoms with Gasteiger partial charge in [-0.25, -0.2) is 0 Å². The maximum Gasteiger partial charge on any atom is 0.305 e. The zero-order valence-electron chi connectivity index (χ0n) is 7.81. The highest BCUT2D eigenvalue weighted by Crippen LogP contribution is 2.01. The van der Waals surface area contributed by atoms with Gasteiger partial charge in [-0.3, -0.25) is 4.79 Å². The summed E-state index contributed by atoms with van der Waals surface area (Å²) in [6.07, 6.45) is 2.09. The third-order valence-corrected chi connectivity index (χ3v) is 1.74. The number of alkyl halides is 1. The summed E-state index contributed by atoms with van der Waals surface area (Å²) in [5.74, 6) is 0.987. The average molecular weight is 193 g/mol. The van der Waals surface area contributed by atoms with E-state index in [0.29, 0.717) is 31.2 Å². The molecule has 3 heteroatoms. The van der Waals surface area contributed by atoms with Crippen molar-refractivity contribution in [3.63, 3.8) is 0 Å². The second-order valence-electron chi connectivity index (χ2n) is 3.20. The topological polar surface area (TPSA) is 26.3 Å². The Morgan fingerprint density at radius 1 is 1.50 bits per heavy atom. The first kappa shape index (κ1) is 11.8. The second-order valence-corrected chi connectivity index (χ2v) is 3.57. The Labute approximate surface area is 79.2 Å². The fourth-order valence-corrected chi connectivity index (χ4v) is 0.825. The van der Waals surface area contributed by atoms with Crippen molar-refractivity contribution >= 4 is 17.6 Å². The zero-order valence-corrected chi connectivity index (χ0v) is 8.56. The number of rotatable bonds is 6. The van der Waals surface area contributed by atoms with E-state index < -0.39 is 0 Å². The van der Waals surface area contributed by atoms with Gasteiger partial charge < -0.3 is 4.74 Å². The van der Waals surface area contributed by atoms with Crippen LogP contribution in [0.15, 0.2) is 0 Å². The lowest BCUT2D eigenvalue weighted by Crippen LogP contribution is -2.07. The van der Waals surface area contributed by atoms with E-state index in [1.807, 2.05) is 0 Å². The predicted molar refractivity (Wildman–Crippen MR) is 50.4 cm³/mol. The van der Waals surface area contributed by atoms with Gasteiger partial charge in [0.15, 0.2) is 0 Å². The van der Waals surface area contributed by atoms with E-state index in [2.05, 4.69) is 13.8 Å². The summed E-state index contributed by atoms with van der Waals surface area (Å²) in [5, 5.41) is 0. The van der Waals surface area contributed by atoms with Gasteiger partial charge in [0.2, 0.25) is 0 Å². The van der Waals surface area contributed by atoms with Gasteiger partial charge in [-0.2, -0.15) is 0 Å². The third-order valence-electron chi connectivity index (χ3n) is 1.47. The lowest BCUT2D eigenvalue weighted by molar-refractivity contribution is -0.143. The number of carbonyl (C=O) groups is 1. The van der Waals surface area contributed by atoms with Gasteiger partial charge in [-0.15, -0.1) is 11.6 Å². The van der Waals surface area contributed by atoms with Crippen LogP contribution in [-0.4, -0.2) is 18.5 Å². The molecule has 12 heavy (non-hydrogen) atoms. The molecule has 0 rings (SSSR count). The van der Waals surface area contributed by atoms with Crippen LogP contribution in [-0.2, 0) is 9.53 Å². The Balaban J connectivity index is 3.20. The maximum absolute atomic E-state index is 10.9. The van der Waals surface area contributed by atoms with Crippen LogP contribution in [0.1, 0.15) is 33.1 Å². The molecular weight excluding hydrogens is 176 g/mol. The molecule has 0 radical (unpaired) electrons. The van der Waals surface area contributed by atoms with Crippen LogP contribution in [0.4, 0.5) is 0 Å². The van der Waals surface area contributed by atoms with Gasteiger partial charge in [0, 0.05) is 12.3 Å². The molecule has 72 valence electrons. The molecule has 0 heterocycles. The summed E-state index contributed by atoms with van der Waals surface area (Å²) in [5.41, 5.74) is 0. The maximum atomic E-state index is 10.9. The fraction of sp³-hybridized carbons (Fsp3) is 0.889. The molecule has 0 saturated carbocycles. The number of hydrogen-bond acceptors (Lipinski definition) is 2. The molecule has 0 spiro atoms. The molecule has 0 unspecified atom stereocenters. The molecule has 0 bridgehead atoms. The molecule has 0 aliphatic carbocycles. The van der Waals surface area contributed by atoms with Crippen LogP contribution in [0.5, 0.6) is 0 Å². The first-order valence-corrected chi connectivity index (χ1v) is 4.92. The molecular formula is C9H17ClO2. The van der Waals surface area contributed by atoms with Crippen molar-refractivity contribution in [1.29, 1.82) is 0 Å². The Bertz CT molecular complexity index is 124. The van der Waals surface area contributed by atoms with Crippen LogP contribution in [0.3, 0.4) is 0 Å². The zero-order chi connectivity index (χ0) is 9.40. The average Bonchev–Trinajstić information content (AvgIpc) is 2.00. The van der Waals surface area contributed by atoms with E-state index in [1.54, 1.807) is 0 Å². The number of esters is 1. The molecule has 2 nitrogen and oxygen atoms in total. The third kappa shape index (κ3) is 7.86. The van der Waals surface area contributed by atoms with Crippen LogP contribution in [0.2, 0.25) is 0 Å². The molecule has 0 aliphatic heterocycles. The normalized spacial score (nSPS) is 10.3. The van der Waals surface area contributed by atoms with Crippen molar-refractivity contribution < 1.29 is 9.53 Å². The standard InChI is InChI=1S/C9H17ClO2/c1-8(2)5-7-12-9(11)4-3-6-10/h8H,3-7H2,1-2H3. The predicted octanol–water partition coefficient (Wildman–Crippen LogP) is 2.59. The molecule has 0 N–H and O–H groups in total. The highest BCUT2D eigenvalue weighted by molar-refractivity contribution is 6.17. The monoisotopic (exact) mass is 192 g/mol. The van der Waals surface area contributed by atoms with Gasteiger partial charge in [-0.1, -0.05) is 13.8 Å². The quantitative estimate of drug-likeness (QED) is 0.478. The minimum atomic E-state index is -0.128. The summed E-state index contributed by atoms with van der Waals surface area (Å²) in [7, 11) is 0. The van der Waals surface area contributed by atoms with E-state index in [4.69, 9.17) is 16.3 Å². The number of hydrogen-bond donors (Lipinski definition) is 0. The molecule has 0 amide bonds. The van der Waals surface area contributed by atoms with Gasteiger partial charge in [0.1, 0.15) is 0 Å². The van der Waals surface area contributed by atoms with Crippen molar-refractivity contribution in [3.05, 3.63) is 0 Å². The minimum Gasteiger partial charge on any atom is -0.466 e. The van der Waals surface area contributed by atoms with Crippen LogP contribution in [0.25, 0.3) is 0 Å². The molecule has 0 aromatic heterocycles. The lowest BCUT2D eigenvalue weighted by Gasteiger charge is -2.05. The van der Waals surface area contributed by atoms with Crippen molar-refractivity contribution in [2.75, 3.05) is 12.5 Å². The highest BCUT2D eigenvalue weighted by Gasteiger charge is 2.02. The van der Waals surface area contributed by atoms with E-state index in [9.17, 15) is 4.79 Å². The molecule has 0 aliphatic rings. The number of ether oxygens (including phenoxy) is 1. The second kappa shape index (κ2) is 7.41. The summed E-state index contributed by atoms with van der Waals surface area (Å²) in [6.45, 7) is 4.75. The van der Waals surface area contributed by atoms with Crippen molar-refractivity contribution in [1.82, 2.24) is 0 Å². The highest BCUT2D eigenvalue weighted by atomic mass is 35.5. The summed E-state index contributed by atoms with van der Waals surface area (Å²) < 4.78 is 4.96. The van der Waals surface area contributed by atoms with Gasteiger partial charge in [-0.05, 0) is 18.8 Å². The Kier molecular flexibility index (Phi) is 7.26. The minimum absolute atomic E-state index is 0.128. The molecule has 0 saturated heterocycles. The first-order valence-electron chi connectivity index (χ1n) is 4.38. The Hall–Kier alpha value is -0.240. The van der Waals surface area contributed by atoms with Crippen molar-refractivity contribution in [3.8, 4) is 0 Å². The van der Waals surface area contributed by atoms with Gasteiger partial charge in [0.25, 0.3) is 0 Å². The lowest BCUT2D eigenvalue weighted by atomic mass is 10.1. The van der Waals surface area contributed by atoms with Gasteiger partial charge >= 0.3 is 5.97 Å². The van der Waals surface area contributed by atoms with E-state index in [0.717, 1.165) is 6.42 Å². The van der Waals surface area contributed by atoms with Crippen molar-refractivity contribution in [2.45, 2.75) is 33.1 Å². The number of carbonyl (C=O) groups excluding carboxylic acids is 1. The Morgan fingerprint density at radius 3 is 2.67 bits per heavy atom. The first-order chi connectivity index (χ1) is 5.66. The summed E-state index contributed by atoms with van der Waals surface area (Å²) >= 11 is 5.42. The fourth-order valence-electron chi connectivity index (χ4n) is 0.692. The number of halogens is 1. The van der Waals surface area contributed by atoms with Gasteiger partial charge in [0.05, 0.1) is 6.61 Å². The summed E-state index contributed by atoms with van der Waals surface area (Å²) in [6, 6.07) is 0. The molecule has 0 fully saturated rings.